The third-order valence-electron chi connectivity index (χ3n) is 2.67. The highest BCUT2D eigenvalue weighted by atomic mass is 127. The SMILES string of the molecule is CCOC(=O)C(C)Br.CCOC(=O)C(C)n1cc(I)cn1.Ic1cn[nH]c1. The first-order chi connectivity index (χ1) is 12.7. The number of aromatic nitrogens is 4. The maximum Gasteiger partial charge on any atom is 0.330 e. The third kappa shape index (κ3) is 12.4. The van der Waals surface area contributed by atoms with Gasteiger partial charge in [0.2, 0.25) is 0 Å². The number of carbonyl (C=O) groups excluding carboxylic acids is 2. The lowest BCUT2D eigenvalue weighted by atomic mass is 10.3. The van der Waals surface area contributed by atoms with Crippen molar-refractivity contribution in [2.24, 2.45) is 0 Å². The molecule has 0 spiro atoms. The lowest BCUT2D eigenvalue weighted by Gasteiger charge is -2.09. The second kappa shape index (κ2) is 15.2. The molecule has 0 aromatic carbocycles. The maximum absolute atomic E-state index is 11.3. The van der Waals surface area contributed by atoms with Crippen molar-refractivity contribution in [3.05, 3.63) is 31.9 Å². The molecule has 152 valence electrons. The molecule has 11 heteroatoms. The number of hydrogen-bond donors (Lipinski definition) is 1. The molecule has 0 aliphatic rings. The van der Waals surface area contributed by atoms with Gasteiger partial charge in [-0.15, -0.1) is 0 Å². The fourth-order valence-corrected chi connectivity index (χ4v) is 2.21. The molecule has 2 aromatic heterocycles. The second-order valence-electron chi connectivity index (χ2n) is 4.85. The number of alkyl halides is 1. The van der Waals surface area contributed by atoms with Crippen LogP contribution in [0.1, 0.15) is 33.7 Å². The number of aromatic amines is 1. The van der Waals surface area contributed by atoms with Crippen LogP contribution in [0.3, 0.4) is 0 Å². The van der Waals surface area contributed by atoms with Gasteiger partial charge >= 0.3 is 11.9 Å². The minimum Gasteiger partial charge on any atom is -0.465 e. The van der Waals surface area contributed by atoms with Gasteiger partial charge in [0.25, 0.3) is 0 Å². The average molecular weight is 669 g/mol. The Kier molecular flexibility index (Phi) is 14.9. The van der Waals surface area contributed by atoms with Gasteiger partial charge in [-0.3, -0.25) is 14.6 Å². The Bertz CT molecular complexity index is 665. The van der Waals surface area contributed by atoms with E-state index in [0.717, 1.165) is 7.14 Å². The van der Waals surface area contributed by atoms with Gasteiger partial charge in [-0.2, -0.15) is 10.2 Å². The summed E-state index contributed by atoms with van der Waals surface area (Å²) in [5.41, 5.74) is 0. The van der Waals surface area contributed by atoms with Crippen LogP contribution in [-0.4, -0.2) is 50.0 Å². The molecule has 2 atom stereocenters. The van der Waals surface area contributed by atoms with Crippen molar-refractivity contribution >= 4 is 73.1 Å². The number of carbonyl (C=O) groups is 2. The summed E-state index contributed by atoms with van der Waals surface area (Å²) in [6, 6.07) is -0.344. The van der Waals surface area contributed by atoms with Crippen LogP contribution in [0, 0.1) is 7.14 Å². The quantitative estimate of drug-likeness (QED) is 0.294. The molecule has 0 amide bonds. The number of nitrogens with zero attached hydrogens (tertiary/aromatic N) is 3. The van der Waals surface area contributed by atoms with Crippen LogP contribution >= 0.6 is 61.1 Å². The van der Waals surface area contributed by atoms with Crippen molar-refractivity contribution in [2.75, 3.05) is 13.2 Å². The molecule has 2 rings (SSSR count). The van der Waals surface area contributed by atoms with Gasteiger partial charge in [-0.1, -0.05) is 15.9 Å². The Labute approximate surface area is 194 Å². The third-order valence-corrected chi connectivity index (χ3v) is 4.19. The van der Waals surface area contributed by atoms with E-state index >= 15 is 0 Å². The molecular formula is C16H23BrI2N4O4. The Morgan fingerprint density at radius 2 is 1.74 bits per heavy atom. The highest BCUT2D eigenvalue weighted by Gasteiger charge is 2.16. The molecule has 0 saturated carbocycles. The summed E-state index contributed by atoms with van der Waals surface area (Å²) in [5, 5.41) is 10.4. The maximum atomic E-state index is 11.3. The van der Waals surface area contributed by atoms with Crippen molar-refractivity contribution in [3.8, 4) is 0 Å². The van der Waals surface area contributed by atoms with Crippen LogP contribution in [0.15, 0.2) is 24.8 Å². The van der Waals surface area contributed by atoms with E-state index in [1.54, 1.807) is 44.8 Å². The Balaban J connectivity index is 0.000000412. The number of halogens is 3. The van der Waals surface area contributed by atoms with E-state index in [1.165, 1.54) is 0 Å². The summed E-state index contributed by atoms with van der Waals surface area (Å²) in [4.78, 5) is 21.6. The lowest BCUT2D eigenvalue weighted by Crippen LogP contribution is -2.19. The summed E-state index contributed by atoms with van der Waals surface area (Å²) < 4.78 is 13.2. The average Bonchev–Trinajstić information content (AvgIpc) is 3.27. The second-order valence-corrected chi connectivity index (χ2v) is 8.72. The monoisotopic (exact) mass is 668 g/mol. The molecule has 0 fully saturated rings. The zero-order valence-corrected chi connectivity index (χ0v) is 21.4. The fourth-order valence-electron chi connectivity index (χ4n) is 1.39. The van der Waals surface area contributed by atoms with E-state index < -0.39 is 0 Å². The van der Waals surface area contributed by atoms with E-state index in [-0.39, 0.29) is 22.8 Å². The lowest BCUT2D eigenvalue weighted by molar-refractivity contribution is -0.147. The van der Waals surface area contributed by atoms with Crippen molar-refractivity contribution in [1.29, 1.82) is 0 Å². The molecule has 0 saturated heterocycles. The van der Waals surface area contributed by atoms with Crippen LogP contribution in [-0.2, 0) is 19.1 Å². The molecule has 0 aliphatic heterocycles. The zero-order valence-electron chi connectivity index (χ0n) is 15.5. The minimum atomic E-state index is -0.344. The van der Waals surface area contributed by atoms with Crippen LogP contribution in [0.5, 0.6) is 0 Å². The highest BCUT2D eigenvalue weighted by molar-refractivity contribution is 14.1. The smallest absolute Gasteiger partial charge is 0.330 e. The summed E-state index contributed by atoms with van der Waals surface area (Å²) >= 11 is 7.39. The molecule has 0 aliphatic carbocycles. The number of H-pyrrole nitrogens is 1. The first-order valence-electron chi connectivity index (χ1n) is 8.04. The number of esters is 2. The summed E-state index contributed by atoms with van der Waals surface area (Å²) in [7, 11) is 0. The van der Waals surface area contributed by atoms with E-state index in [2.05, 4.69) is 81.1 Å². The van der Waals surface area contributed by atoms with Crippen molar-refractivity contribution < 1.29 is 19.1 Å². The van der Waals surface area contributed by atoms with Gasteiger partial charge < -0.3 is 9.47 Å². The number of hydrogen-bond acceptors (Lipinski definition) is 6. The van der Waals surface area contributed by atoms with Crippen molar-refractivity contribution in [1.82, 2.24) is 20.0 Å². The van der Waals surface area contributed by atoms with E-state index in [9.17, 15) is 9.59 Å². The molecular weight excluding hydrogens is 646 g/mol. The first kappa shape index (κ1) is 26.3. The highest BCUT2D eigenvalue weighted by Crippen LogP contribution is 2.09. The van der Waals surface area contributed by atoms with Gasteiger partial charge in [0.15, 0.2) is 0 Å². The van der Waals surface area contributed by atoms with Crippen LogP contribution in [0.2, 0.25) is 0 Å². The minimum absolute atomic E-state index is 0.178. The predicted molar refractivity (Wildman–Crippen MR) is 123 cm³/mol. The van der Waals surface area contributed by atoms with Crippen LogP contribution < -0.4 is 0 Å². The molecule has 0 bridgehead atoms. The largest absolute Gasteiger partial charge is 0.465 e. The van der Waals surface area contributed by atoms with Crippen LogP contribution in [0.25, 0.3) is 0 Å². The first-order valence-corrected chi connectivity index (χ1v) is 11.1. The molecule has 8 nitrogen and oxygen atoms in total. The van der Waals surface area contributed by atoms with Crippen molar-refractivity contribution in [3.63, 3.8) is 0 Å². The van der Waals surface area contributed by atoms with Gasteiger partial charge in [0, 0.05) is 12.4 Å². The summed E-state index contributed by atoms with van der Waals surface area (Å²) in [5.74, 6) is -0.450. The van der Waals surface area contributed by atoms with Gasteiger partial charge in [0.05, 0.1) is 32.7 Å². The van der Waals surface area contributed by atoms with E-state index in [4.69, 9.17) is 4.74 Å². The summed E-state index contributed by atoms with van der Waals surface area (Å²) in [6.45, 7) is 7.93. The molecule has 2 unspecified atom stereocenters. The van der Waals surface area contributed by atoms with Gasteiger partial charge in [-0.25, -0.2) is 4.79 Å². The Morgan fingerprint density at radius 3 is 2.04 bits per heavy atom. The Hall–Kier alpha value is -0.700. The fraction of sp³-hybridized carbons (Fsp3) is 0.500. The number of ether oxygens (including phenoxy) is 2. The van der Waals surface area contributed by atoms with Crippen molar-refractivity contribution in [2.45, 2.75) is 38.6 Å². The van der Waals surface area contributed by atoms with Gasteiger partial charge in [-0.05, 0) is 72.9 Å². The van der Waals surface area contributed by atoms with Gasteiger partial charge in [0.1, 0.15) is 10.9 Å². The molecule has 1 N–H and O–H groups in total. The normalized spacial score (nSPS) is 11.8. The zero-order chi connectivity index (χ0) is 20.8. The molecule has 0 radical (unpaired) electrons. The van der Waals surface area contributed by atoms with E-state index in [0.29, 0.717) is 13.2 Å². The van der Waals surface area contributed by atoms with E-state index in [1.807, 2.05) is 12.4 Å². The number of rotatable bonds is 5. The predicted octanol–water partition coefficient (Wildman–Crippen LogP) is 3.96. The number of nitrogens with one attached hydrogen (secondary N) is 1. The van der Waals surface area contributed by atoms with Crippen LogP contribution in [0.4, 0.5) is 0 Å². The Morgan fingerprint density at radius 1 is 1.15 bits per heavy atom. The molecule has 2 aromatic rings. The molecule has 2 heterocycles. The molecule has 27 heavy (non-hydrogen) atoms. The standard InChI is InChI=1S/C8H11IN2O2.C5H9BrO2.C3H3IN2/c1-3-13-8(12)6(2)11-5-7(9)4-10-11;1-3-8-5(7)4(2)6;4-3-1-5-6-2-3/h4-6H,3H2,1-2H3;4H,3H2,1-2H3;1-2H,(H,5,6). The topological polar surface area (TPSA) is 99.1 Å². The summed E-state index contributed by atoms with van der Waals surface area (Å²) in [6.07, 6.45) is 7.11.